The minimum Gasteiger partial charge on any atom is -0.343 e. The average Bonchev–Trinajstić information content (AvgIpc) is 3.66. The Balaban J connectivity index is 1.24. The van der Waals surface area contributed by atoms with Gasteiger partial charge in [0.2, 0.25) is 23.6 Å². The first-order valence-electron chi connectivity index (χ1n) is 22.8. The van der Waals surface area contributed by atoms with Gasteiger partial charge in [0, 0.05) is 42.6 Å². The zero-order chi connectivity index (χ0) is 42.4. The van der Waals surface area contributed by atoms with Crippen LogP contribution in [0, 0.1) is 33.5 Å². The molecule has 7 unspecified atom stereocenters. The van der Waals surface area contributed by atoms with Crippen LogP contribution in [0.15, 0.2) is 12.7 Å². The van der Waals surface area contributed by atoms with Crippen LogP contribution in [-0.4, -0.2) is 112 Å². The number of nitrogens with zero attached hydrogens (tertiary/aromatic N) is 3. The van der Waals surface area contributed by atoms with E-state index in [2.05, 4.69) is 66.4 Å². The molecule has 7 atom stereocenters. The molecule has 2 aliphatic heterocycles. The molecule has 2 saturated heterocycles. The Kier molecular flexibility index (Phi) is 13.3. The molecule has 6 rings (SSSR count). The summed E-state index contributed by atoms with van der Waals surface area (Å²) in [4.78, 5) is 76.5. The summed E-state index contributed by atoms with van der Waals surface area (Å²) in [5, 5.41) is 9.67. The Labute approximate surface area is 353 Å². The maximum Gasteiger partial charge on any atom is 0.246 e. The number of Topliss-reactive ketones (excluding diaryl/α,β-unsaturated/α-hetero) is 1. The topological polar surface area (TPSA) is 131 Å². The van der Waals surface area contributed by atoms with E-state index in [-0.39, 0.29) is 69.6 Å². The zero-order valence-electron chi connectivity index (χ0n) is 37.3. The largest absolute Gasteiger partial charge is 0.343 e. The zero-order valence-corrected chi connectivity index (χ0v) is 38.2. The predicted molar refractivity (Wildman–Crippen MR) is 232 cm³/mol. The number of hydrogen-bond donors (Lipinski definition) is 3. The number of likely N-dealkylation sites (tertiary alicyclic amines) is 2. The standard InChI is InChI=1S/C46H76N6O5S/c1-11-32-27-46(32,35(53)22-17-26-58-50(10)12-2)49-39(55)34-28-45(43(8,9)44(45)23-18-24-44)29-52(34)41(57)37(42(5,6)7)48-40(56)36(31-19-14-13-15-20-31)47-38(54)33-21-16-25-51(33)30(3)4/h11,30-34,36-37H,1,12-29H2,2-10H3,(H,47,54)(H,48,56)(H,49,55). The van der Waals surface area contributed by atoms with Crippen LogP contribution in [0.25, 0.3) is 0 Å². The highest BCUT2D eigenvalue weighted by Gasteiger charge is 2.85. The van der Waals surface area contributed by atoms with Crippen LogP contribution in [-0.2, 0) is 24.0 Å². The lowest BCUT2D eigenvalue weighted by Gasteiger charge is -2.38. The molecule has 4 aliphatic carbocycles. The summed E-state index contributed by atoms with van der Waals surface area (Å²) < 4.78 is 2.15. The van der Waals surface area contributed by atoms with Crippen molar-refractivity contribution in [1.29, 1.82) is 0 Å². The molecule has 11 nitrogen and oxygen atoms in total. The van der Waals surface area contributed by atoms with Crippen molar-refractivity contribution in [2.24, 2.45) is 33.5 Å². The summed E-state index contributed by atoms with van der Waals surface area (Å²) in [6.45, 7) is 23.0. The van der Waals surface area contributed by atoms with Crippen molar-refractivity contribution in [3.8, 4) is 0 Å². The SMILES string of the molecule is C=CC1CC1(NC(=O)C1CC2(CN1C(=O)C(NC(=O)C(NC(=O)C1CCCN1C(C)C)C1CCCCC1)C(C)(C)C)C(C)(C)C21CCC1)C(=O)CCCSN(C)CC. The second-order valence-electron chi connectivity index (χ2n) is 20.8. The summed E-state index contributed by atoms with van der Waals surface area (Å²) in [6.07, 6.45) is 13.8. The number of carbonyl (C=O) groups is 5. The number of rotatable bonds is 17. The van der Waals surface area contributed by atoms with E-state index < -0.39 is 29.1 Å². The quantitative estimate of drug-likeness (QED) is 0.0891. The fraction of sp³-hybridized carbons (Fsp3) is 0.848. The molecule has 0 radical (unpaired) electrons. The van der Waals surface area contributed by atoms with Crippen LogP contribution in [0.4, 0.5) is 0 Å². The van der Waals surface area contributed by atoms with Crippen molar-refractivity contribution in [3.63, 3.8) is 0 Å². The molecule has 4 amide bonds. The molecule has 3 N–H and O–H groups in total. The van der Waals surface area contributed by atoms with Crippen LogP contribution in [0.5, 0.6) is 0 Å². The molecule has 2 heterocycles. The minimum atomic E-state index is -0.995. The Bertz CT molecular complexity index is 1580. The van der Waals surface area contributed by atoms with Crippen LogP contribution in [0.1, 0.15) is 145 Å². The summed E-state index contributed by atoms with van der Waals surface area (Å²) in [7, 11) is 2.04. The van der Waals surface area contributed by atoms with Crippen molar-refractivity contribution in [1.82, 2.24) is 30.1 Å². The maximum atomic E-state index is 15.3. The van der Waals surface area contributed by atoms with E-state index in [9.17, 15) is 19.2 Å². The van der Waals surface area contributed by atoms with Gasteiger partial charge in [0.15, 0.2) is 5.78 Å². The van der Waals surface area contributed by atoms with E-state index in [1.165, 1.54) is 0 Å². The van der Waals surface area contributed by atoms with E-state index in [0.717, 1.165) is 89.5 Å². The van der Waals surface area contributed by atoms with Gasteiger partial charge in [-0.1, -0.05) is 85.2 Å². The third-order valence-electron chi connectivity index (χ3n) is 16.2. The van der Waals surface area contributed by atoms with Gasteiger partial charge in [-0.15, -0.1) is 6.58 Å². The van der Waals surface area contributed by atoms with Crippen molar-refractivity contribution in [3.05, 3.63) is 12.7 Å². The molecule has 0 aromatic heterocycles. The van der Waals surface area contributed by atoms with Crippen molar-refractivity contribution in [2.45, 2.75) is 181 Å². The van der Waals surface area contributed by atoms with Crippen LogP contribution < -0.4 is 16.0 Å². The molecule has 6 fully saturated rings. The monoisotopic (exact) mass is 825 g/mol. The Morgan fingerprint density at radius 2 is 1.60 bits per heavy atom. The molecule has 0 aromatic carbocycles. The molecule has 0 aromatic rings. The van der Waals surface area contributed by atoms with E-state index in [1.54, 1.807) is 22.9 Å². The van der Waals surface area contributed by atoms with Crippen molar-refractivity contribution >= 4 is 41.4 Å². The molecule has 326 valence electrons. The molecule has 58 heavy (non-hydrogen) atoms. The van der Waals surface area contributed by atoms with Gasteiger partial charge < -0.3 is 20.9 Å². The maximum absolute atomic E-state index is 15.3. The molecular formula is C46H76N6O5S. The van der Waals surface area contributed by atoms with Crippen molar-refractivity contribution in [2.75, 3.05) is 32.4 Å². The third-order valence-corrected chi connectivity index (χ3v) is 17.4. The Morgan fingerprint density at radius 3 is 2.16 bits per heavy atom. The van der Waals surface area contributed by atoms with Gasteiger partial charge in [-0.25, -0.2) is 0 Å². The summed E-state index contributed by atoms with van der Waals surface area (Å²) in [5.74, 6) is -0.276. The van der Waals surface area contributed by atoms with Gasteiger partial charge in [0.1, 0.15) is 23.7 Å². The number of ketones is 1. The van der Waals surface area contributed by atoms with E-state index >= 15 is 4.79 Å². The van der Waals surface area contributed by atoms with Gasteiger partial charge in [-0.2, -0.15) is 0 Å². The predicted octanol–water partition coefficient (Wildman–Crippen LogP) is 6.26. The highest BCUT2D eigenvalue weighted by molar-refractivity contribution is 7.96. The van der Waals surface area contributed by atoms with E-state index in [0.29, 0.717) is 25.8 Å². The molecule has 2 spiro atoms. The highest BCUT2D eigenvalue weighted by Crippen LogP contribution is 2.88. The lowest BCUT2D eigenvalue weighted by atomic mass is 9.73. The first kappa shape index (κ1) is 45.1. The van der Waals surface area contributed by atoms with E-state index in [4.69, 9.17) is 0 Å². The molecule has 4 saturated carbocycles. The number of carbonyl (C=O) groups excluding carboxylic acids is 5. The fourth-order valence-electron chi connectivity index (χ4n) is 12.1. The lowest BCUT2D eigenvalue weighted by molar-refractivity contribution is -0.145. The van der Waals surface area contributed by atoms with Gasteiger partial charge in [0.25, 0.3) is 0 Å². The smallest absolute Gasteiger partial charge is 0.246 e. The van der Waals surface area contributed by atoms with Crippen LogP contribution in [0.2, 0.25) is 0 Å². The molecular weight excluding hydrogens is 749 g/mol. The fourth-order valence-corrected chi connectivity index (χ4v) is 12.9. The van der Waals surface area contributed by atoms with Crippen LogP contribution >= 0.6 is 11.9 Å². The van der Waals surface area contributed by atoms with Gasteiger partial charge in [-0.05, 0) is 107 Å². The highest BCUT2D eigenvalue weighted by atomic mass is 32.2. The second kappa shape index (κ2) is 17.1. The van der Waals surface area contributed by atoms with Gasteiger partial charge in [-0.3, -0.25) is 33.2 Å². The van der Waals surface area contributed by atoms with Gasteiger partial charge >= 0.3 is 0 Å². The van der Waals surface area contributed by atoms with E-state index in [1.807, 2.05) is 27.8 Å². The van der Waals surface area contributed by atoms with Gasteiger partial charge in [0.05, 0.1) is 6.04 Å². The minimum absolute atomic E-state index is 0.0159. The third kappa shape index (κ3) is 8.05. The molecule has 6 aliphatic rings. The van der Waals surface area contributed by atoms with Crippen LogP contribution in [0.3, 0.4) is 0 Å². The first-order valence-corrected chi connectivity index (χ1v) is 23.7. The summed E-state index contributed by atoms with van der Waals surface area (Å²) in [5.41, 5.74) is -1.87. The molecule has 0 bridgehead atoms. The number of amides is 4. The Hall–Kier alpha value is -2.44. The summed E-state index contributed by atoms with van der Waals surface area (Å²) in [6, 6.07) is -2.50. The number of fused-ring (bicyclic) bond motifs is 1. The van der Waals surface area contributed by atoms with Crippen molar-refractivity contribution < 1.29 is 24.0 Å². The summed E-state index contributed by atoms with van der Waals surface area (Å²) >= 11 is 1.71. The molecule has 12 heteroatoms. The number of nitrogens with one attached hydrogen (secondary N) is 3. The number of hydrogen-bond acceptors (Lipinski definition) is 8. The first-order chi connectivity index (χ1) is 27.3. The Morgan fingerprint density at radius 1 is 0.914 bits per heavy atom. The lowest BCUT2D eigenvalue weighted by Crippen LogP contribution is -2.62. The second-order valence-corrected chi connectivity index (χ2v) is 22.1. The normalized spacial score (nSPS) is 31.2. The average molecular weight is 825 g/mol.